The third kappa shape index (κ3) is 7.01. The highest BCUT2D eigenvalue weighted by Crippen LogP contribution is 2.57. The molecule has 0 heterocycles. The molecule has 1 atom stereocenters. The summed E-state index contributed by atoms with van der Waals surface area (Å²) < 4.78 is 18.6. The van der Waals surface area contributed by atoms with Crippen LogP contribution in [0.4, 0.5) is 0 Å². The van der Waals surface area contributed by atoms with Gasteiger partial charge in [0.05, 0.1) is 0 Å². The molecule has 2 aromatic rings. The molecule has 1 N–H and O–H groups in total. The number of hydrogen-bond acceptors (Lipinski definition) is 2. The van der Waals surface area contributed by atoms with Crippen LogP contribution in [-0.2, 0) is 36.3 Å². The van der Waals surface area contributed by atoms with E-state index in [1.807, 2.05) is 6.92 Å². The van der Waals surface area contributed by atoms with Crippen molar-refractivity contribution in [3.8, 4) is 0 Å². The van der Waals surface area contributed by atoms with Crippen molar-refractivity contribution < 1.29 is 14.0 Å². The number of hydrogen-bond donors (Lipinski definition) is 1. The van der Waals surface area contributed by atoms with Crippen LogP contribution >= 0.6 is 18.2 Å². The average Bonchev–Trinajstić information content (AvgIpc) is 2.62. The molecule has 0 saturated heterocycles. The maximum atomic E-state index is 12.6. The van der Waals surface area contributed by atoms with Crippen LogP contribution in [0.5, 0.6) is 0 Å². The van der Waals surface area contributed by atoms with Crippen molar-refractivity contribution in [3.05, 3.63) is 69.8 Å². The number of benzene rings is 2. The molecular formula is C30H46ClO3P. The summed E-state index contributed by atoms with van der Waals surface area (Å²) in [5, 5.41) is 0. The van der Waals surface area contributed by atoms with E-state index in [1.165, 1.54) is 11.1 Å². The summed E-state index contributed by atoms with van der Waals surface area (Å²) in [6.07, 6.45) is 0. The van der Waals surface area contributed by atoms with Gasteiger partial charge >= 0.3 is 6.95 Å². The SMILES string of the molecule is CC(C)(C)c1ccc(C(C)(OP(=O)(O)Cl)c2ccc(C(C)(C)C)cc2C(C)(C)C)c(C(C)(C)C)c1. The molecule has 0 fully saturated rings. The minimum atomic E-state index is -4.38. The first-order valence-corrected chi connectivity index (χ1v) is 14.9. The standard InChI is InChI=1S/C30H46ClO3P/c1-26(2,3)20-14-16-22(24(18-20)28(7,8)9)30(13,34-35(31,32)33)23-17-15-21(27(4,5)6)19-25(23)29(10,11)12/h14-19H,1-13H3,(H,32,33). The fraction of sp³-hybridized carbons (Fsp3) is 0.600. The summed E-state index contributed by atoms with van der Waals surface area (Å²) >= 11 is 5.95. The first-order valence-electron chi connectivity index (χ1n) is 12.4. The van der Waals surface area contributed by atoms with Crippen molar-refractivity contribution in [1.82, 2.24) is 0 Å². The van der Waals surface area contributed by atoms with Gasteiger partial charge in [0.1, 0.15) is 5.60 Å². The normalized spacial score (nSPS) is 15.7. The lowest BCUT2D eigenvalue weighted by molar-refractivity contribution is 0.116. The van der Waals surface area contributed by atoms with Crippen LogP contribution < -0.4 is 0 Å². The quantitative estimate of drug-likeness (QED) is 0.408. The molecule has 2 rings (SSSR count). The predicted molar refractivity (Wildman–Crippen MR) is 151 cm³/mol. The third-order valence-electron chi connectivity index (χ3n) is 6.71. The van der Waals surface area contributed by atoms with Gasteiger partial charge in [0.25, 0.3) is 0 Å². The largest absolute Gasteiger partial charge is 0.422 e. The van der Waals surface area contributed by atoms with Gasteiger partial charge in [-0.25, -0.2) is 4.57 Å². The molecular weight excluding hydrogens is 475 g/mol. The molecule has 0 aliphatic carbocycles. The summed E-state index contributed by atoms with van der Waals surface area (Å²) in [6, 6.07) is 12.7. The fourth-order valence-electron chi connectivity index (χ4n) is 4.56. The Hall–Kier alpha value is -1.12. The van der Waals surface area contributed by atoms with Gasteiger partial charge in [-0.1, -0.05) is 119 Å². The zero-order valence-corrected chi connectivity index (χ0v) is 25.7. The molecule has 1 unspecified atom stereocenters. The van der Waals surface area contributed by atoms with E-state index in [9.17, 15) is 9.46 Å². The zero-order valence-electron chi connectivity index (χ0n) is 24.1. The lowest BCUT2D eigenvalue weighted by Gasteiger charge is -2.40. The second-order valence-corrected chi connectivity index (χ2v) is 16.5. The van der Waals surface area contributed by atoms with Gasteiger partial charge in [-0.2, -0.15) is 0 Å². The van der Waals surface area contributed by atoms with Gasteiger partial charge in [0, 0.05) is 11.2 Å². The molecule has 0 aliphatic heterocycles. The number of rotatable bonds is 4. The maximum Gasteiger partial charge on any atom is 0.422 e. The molecule has 35 heavy (non-hydrogen) atoms. The Morgan fingerprint density at radius 2 is 0.914 bits per heavy atom. The number of halogens is 1. The Labute approximate surface area is 219 Å². The van der Waals surface area contributed by atoms with Crippen LogP contribution in [0.1, 0.15) is 123 Å². The van der Waals surface area contributed by atoms with Gasteiger partial charge in [-0.3, -0.25) is 4.52 Å². The first-order chi connectivity index (χ1) is 15.4. The van der Waals surface area contributed by atoms with Gasteiger partial charge in [0.2, 0.25) is 0 Å². The Morgan fingerprint density at radius 1 is 0.600 bits per heavy atom. The van der Waals surface area contributed by atoms with Crippen molar-refractivity contribution >= 4 is 18.2 Å². The van der Waals surface area contributed by atoms with Crippen molar-refractivity contribution in [2.24, 2.45) is 0 Å². The highest BCUT2D eigenvalue weighted by molar-refractivity contribution is 7.80. The monoisotopic (exact) mass is 520 g/mol. The molecule has 0 radical (unpaired) electrons. The van der Waals surface area contributed by atoms with E-state index < -0.39 is 12.5 Å². The molecule has 0 bridgehead atoms. The van der Waals surface area contributed by atoms with Crippen molar-refractivity contribution in [1.29, 1.82) is 0 Å². The van der Waals surface area contributed by atoms with E-state index in [-0.39, 0.29) is 21.7 Å². The molecule has 0 saturated carbocycles. The van der Waals surface area contributed by atoms with Crippen molar-refractivity contribution in [3.63, 3.8) is 0 Å². The second kappa shape index (κ2) is 9.32. The Bertz CT molecular complexity index is 1040. The Balaban J connectivity index is 3.05. The van der Waals surface area contributed by atoms with Crippen LogP contribution in [0.2, 0.25) is 0 Å². The van der Waals surface area contributed by atoms with E-state index in [1.54, 1.807) is 0 Å². The van der Waals surface area contributed by atoms with E-state index in [4.69, 9.17) is 15.8 Å². The van der Waals surface area contributed by atoms with Gasteiger partial charge < -0.3 is 4.89 Å². The van der Waals surface area contributed by atoms with Crippen LogP contribution in [-0.4, -0.2) is 4.89 Å². The van der Waals surface area contributed by atoms with Gasteiger partial charge in [0.15, 0.2) is 0 Å². The molecule has 0 amide bonds. The molecule has 0 aromatic heterocycles. The predicted octanol–water partition coefficient (Wildman–Crippen LogP) is 9.50. The topological polar surface area (TPSA) is 46.5 Å². The minimum absolute atomic E-state index is 0.0422. The smallest absolute Gasteiger partial charge is 0.313 e. The van der Waals surface area contributed by atoms with Gasteiger partial charge in [-0.15, -0.1) is 0 Å². The highest BCUT2D eigenvalue weighted by Gasteiger charge is 2.43. The lowest BCUT2D eigenvalue weighted by Crippen LogP contribution is -2.34. The molecule has 3 nitrogen and oxygen atoms in total. The van der Waals surface area contributed by atoms with E-state index in [0.29, 0.717) is 0 Å². The summed E-state index contributed by atoms with van der Waals surface area (Å²) in [7, 11) is 0. The lowest BCUT2D eigenvalue weighted by atomic mass is 9.70. The molecule has 2 aromatic carbocycles. The molecule has 196 valence electrons. The zero-order chi connectivity index (χ0) is 27.4. The summed E-state index contributed by atoms with van der Waals surface area (Å²) in [5.74, 6) is 0. The van der Waals surface area contributed by atoms with Crippen molar-refractivity contribution in [2.45, 2.75) is 117 Å². The van der Waals surface area contributed by atoms with Gasteiger partial charge in [-0.05, 0) is 62.0 Å². The van der Waals surface area contributed by atoms with Crippen LogP contribution in [0.15, 0.2) is 36.4 Å². The average molecular weight is 521 g/mol. The maximum absolute atomic E-state index is 12.6. The fourth-order valence-corrected chi connectivity index (χ4v) is 5.62. The van der Waals surface area contributed by atoms with E-state index in [0.717, 1.165) is 22.3 Å². The minimum Gasteiger partial charge on any atom is -0.313 e. The Kier molecular flexibility index (Phi) is 8.02. The van der Waals surface area contributed by atoms with E-state index >= 15 is 0 Å². The van der Waals surface area contributed by atoms with Crippen LogP contribution in [0, 0.1) is 0 Å². The summed E-state index contributed by atoms with van der Waals surface area (Å²) in [5.41, 5.74) is 4.43. The molecule has 5 heteroatoms. The summed E-state index contributed by atoms with van der Waals surface area (Å²) in [4.78, 5) is 10.3. The van der Waals surface area contributed by atoms with E-state index in [2.05, 4.69) is 119 Å². The highest BCUT2D eigenvalue weighted by atomic mass is 35.7. The Morgan fingerprint density at radius 3 is 1.14 bits per heavy atom. The van der Waals surface area contributed by atoms with Crippen LogP contribution in [0.3, 0.4) is 0 Å². The summed E-state index contributed by atoms with van der Waals surface area (Å²) in [6.45, 7) is 23.6. The van der Waals surface area contributed by atoms with Crippen LogP contribution in [0.25, 0.3) is 0 Å². The second-order valence-electron chi connectivity index (χ2n) is 14.1. The first kappa shape index (κ1) is 30.1. The molecule has 0 aliphatic rings. The van der Waals surface area contributed by atoms with Crippen molar-refractivity contribution in [2.75, 3.05) is 0 Å². The third-order valence-corrected chi connectivity index (χ3v) is 7.51. The molecule has 0 spiro atoms.